The second kappa shape index (κ2) is 9.44. The van der Waals surface area contributed by atoms with Crippen LogP contribution in [0.2, 0.25) is 37.8 Å². The Morgan fingerprint density at radius 3 is 1.95 bits per heavy atom. The number of ether oxygens (including phenoxy) is 1. The molecule has 0 saturated carbocycles. The summed E-state index contributed by atoms with van der Waals surface area (Å²) >= 11 is 6.60. The monoisotopic (exact) mass is 556 g/mol. The van der Waals surface area contributed by atoms with Crippen LogP contribution in [0.4, 0.5) is 0 Å². The molecule has 5 aromatic rings. The highest BCUT2D eigenvalue weighted by Crippen LogP contribution is 2.41. The van der Waals surface area contributed by atoms with E-state index in [4.69, 9.17) is 20.8 Å². The molecule has 0 aliphatic carbocycles. The number of furan rings is 1. The summed E-state index contributed by atoms with van der Waals surface area (Å²) < 4.78 is 13.9. The first-order valence-corrected chi connectivity index (χ1v) is 20.2. The zero-order valence-corrected chi connectivity index (χ0v) is 26.5. The first-order chi connectivity index (χ1) is 17.8. The van der Waals surface area contributed by atoms with E-state index in [0.29, 0.717) is 0 Å². The van der Waals surface area contributed by atoms with Crippen LogP contribution in [0.5, 0.6) is 5.75 Å². The van der Waals surface area contributed by atoms with E-state index in [0.717, 1.165) is 27.3 Å². The summed E-state index contributed by atoms with van der Waals surface area (Å²) in [4.78, 5) is 0. The maximum atomic E-state index is 7.06. The molecule has 0 aliphatic rings. The Labute approximate surface area is 233 Å². The first-order valence-electron chi connectivity index (χ1n) is 13.3. The topological polar surface area (TPSA) is 22.4 Å². The maximum Gasteiger partial charge on any atom is 0.138 e. The highest BCUT2D eigenvalue weighted by atomic mass is 35.5. The van der Waals surface area contributed by atoms with Crippen molar-refractivity contribution < 1.29 is 9.15 Å². The number of hydrogen-bond donors (Lipinski definition) is 0. The third-order valence-electron chi connectivity index (χ3n) is 7.17. The van der Waals surface area contributed by atoms with Gasteiger partial charge in [0, 0.05) is 26.5 Å². The molecule has 0 radical (unpaired) electrons. The van der Waals surface area contributed by atoms with Gasteiger partial charge in [0.2, 0.25) is 0 Å². The van der Waals surface area contributed by atoms with E-state index < -0.39 is 16.1 Å². The summed E-state index contributed by atoms with van der Waals surface area (Å²) in [7, 11) is -4.28. The fourth-order valence-corrected chi connectivity index (χ4v) is 10.5. The third kappa shape index (κ3) is 4.74. The second-order valence-corrected chi connectivity index (χ2v) is 22.5. The maximum absolute atomic E-state index is 7.06. The van der Waals surface area contributed by atoms with E-state index in [1.807, 2.05) is 12.1 Å². The average Bonchev–Trinajstić information content (AvgIpc) is 3.20. The lowest BCUT2D eigenvalue weighted by molar-refractivity contribution is 0.133. The molecule has 0 N–H and O–H groups in total. The fourth-order valence-electron chi connectivity index (χ4n) is 5.57. The molecule has 0 bridgehead atoms. The molecule has 0 unspecified atom stereocenters. The van der Waals surface area contributed by atoms with E-state index in [1.165, 1.54) is 32.1 Å². The molecule has 4 aromatic carbocycles. The smallest absolute Gasteiger partial charge is 0.138 e. The molecule has 0 amide bonds. The molecule has 2 nitrogen and oxygen atoms in total. The van der Waals surface area contributed by atoms with Crippen molar-refractivity contribution in [3.05, 3.63) is 83.9 Å². The highest BCUT2D eigenvalue weighted by molar-refractivity contribution is 7.03. The largest absolute Gasteiger partial charge is 0.487 e. The molecular formula is C33H37ClO2Si2. The zero-order chi connectivity index (χ0) is 27.5. The van der Waals surface area contributed by atoms with Crippen molar-refractivity contribution in [1.29, 1.82) is 0 Å². The Morgan fingerprint density at radius 2 is 1.37 bits per heavy atom. The van der Waals surface area contributed by atoms with Gasteiger partial charge in [-0.3, -0.25) is 0 Å². The van der Waals surface area contributed by atoms with E-state index in [-0.39, 0.29) is 5.60 Å². The minimum absolute atomic E-state index is 0.390. The van der Waals surface area contributed by atoms with Crippen molar-refractivity contribution in [2.75, 3.05) is 0 Å². The lowest BCUT2D eigenvalue weighted by atomic mass is 10.00. The molecule has 0 saturated heterocycles. The van der Waals surface area contributed by atoms with Crippen molar-refractivity contribution in [2.24, 2.45) is 0 Å². The van der Waals surface area contributed by atoms with Crippen LogP contribution in [0.1, 0.15) is 20.8 Å². The minimum atomic E-state index is -2.32. The molecule has 0 atom stereocenters. The molecule has 1 heterocycles. The Kier molecular flexibility index (Phi) is 6.66. The van der Waals surface area contributed by atoms with Gasteiger partial charge in [0.1, 0.15) is 30.6 Å². The van der Waals surface area contributed by atoms with Gasteiger partial charge in [0.15, 0.2) is 0 Å². The highest BCUT2D eigenvalue weighted by Gasteiger charge is 2.40. The van der Waals surface area contributed by atoms with Crippen molar-refractivity contribution in [3.8, 4) is 16.9 Å². The third-order valence-corrected chi connectivity index (χ3v) is 12.9. The van der Waals surface area contributed by atoms with Crippen molar-refractivity contribution in [2.45, 2.75) is 59.1 Å². The summed E-state index contributed by atoms with van der Waals surface area (Å²) in [5, 5.41) is 6.93. The van der Waals surface area contributed by atoms with Crippen molar-refractivity contribution in [1.82, 2.24) is 0 Å². The number of hydrogen-bond acceptors (Lipinski definition) is 2. The van der Waals surface area contributed by atoms with Gasteiger partial charge in [0.05, 0.1) is 8.07 Å². The van der Waals surface area contributed by atoms with E-state index in [9.17, 15) is 0 Å². The number of benzene rings is 4. The van der Waals surface area contributed by atoms with Gasteiger partial charge in [-0.1, -0.05) is 110 Å². The summed E-state index contributed by atoms with van der Waals surface area (Å²) in [6, 6.07) is 27.6. The summed E-state index contributed by atoms with van der Waals surface area (Å²) in [5.41, 5.74) is 3.83. The van der Waals surface area contributed by atoms with Crippen LogP contribution in [0.25, 0.3) is 33.1 Å². The van der Waals surface area contributed by atoms with Gasteiger partial charge < -0.3 is 9.15 Å². The van der Waals surface area contributed by atoms with Crippen LogP contribution >= 0.6 is 11.6 Å². The summed E-state index contributed by atoms with van der Waals surface area (Å²) in [6.45, 7) is 18.5. The predicted octanol–water partition coefficient (Wildman–Crippen LogP) is 8.45. The Bertz CT molecular complexity index is 1620. The van der Waals surface area contributed by atoms with Gasteiger partial charge in [-0.2, -0.15) is 0 Å². The normalized spacial score (nSPS) is 12.9. The minimum Gasteiger partial charge on any atom is -0.487 e. The lowest BCUT2D eigenvalue weighted by Crippen LogP contribution is -2.55. The van der Waals surface area contributed by atoms with Crippen LogP contribution in [0.3, 0.4) is 0 Å². The zero-order valence-electron chi connectivity index (χ0n) is 23.7. The molecule has 0 aliphatic heterocycles. The van der Waals surface area contributed by atoms with Crippen LogP contribution in [0, 0.1) is 0 Å². The van der Waals surface area contributed by atoms with Crippen LogP contribution in [0.15, 0.2) is 83.3 Å². The molecule has 0 fully saturated rings. The van der Waals surface area contributed by atoms with Crippen LogP contribution in [-0.4, -0.2) is 21.7 Å². The predicted molar refractivity (Wildman–Crippen MR) is 171 cm³/mol. The van der Waals surface area contributed by atoms with Crippen LogP contribution in [-0.2, 0) is 0 Å². The molecule has 38 heavy (non-hydrogen) atoms. The SMILES string of the molecule is CC(C)(C)Oc1c(-c2ccccc2)c([Si](C)(C)C)c2c(oc3ccc(Cl)cc32)c1[Si](C)(C)c1ccccc1. The van der Waals surface area contributed by atoms with Gasteiger partial charge in [-0.15, -0.1) is 0 Å². The Balaban J connectivity index is 2.11. The fraction of sp³-hybridized carbons (Fsp3) is 0.273. The molecule has 1 aromatic heterocycles. The Morgan fingerprint density at radius 1 is 0.763 bits per heavy atom. The quantitative estimate of drug-likeness (QED) is 0.203. The number of fused-ring (bicyclic) bond motifs is 3. The molecule has 0 spiro atoms. The first kappa shape index (κ1) is 26.8. The van der Waals surface area contributed by atoms with Gasteiger partial charge in [-0.05, 0) is 49.7 Å². The van der Waals surface area contributed by atoms with Gasteiger partial charge in [-0.25, -0.2) is 0 Å². The van der Waals surface area contributed by atoms with E-state index in [2.05, 4.69) is 120 Å². The molecule has 5 rings (SSSR count). The summed E-state index contributed by atoms with van der Waals surface area (Å²) in [6.07, 6.45) is 0. The second-order valence-electron chi connectivity index (χ2n) is 12.7. The molecule has 5 heteroatoms. The van der Waals surface area contributed by atoms with Gasteiger partial charge >= 0.3 is 0 Å². The number of rotatable bonds is 5. The molecular weight excluding hydrogens is 520 g/mol. The van der Waals surface area contributed by atoms with E-state index >= 15 is 0 Å². The van der Waals surface area contributed by atoms with Crippen molar-refractivity contribution >= 4 is 65.2 Å². The molecule has 196 valence electrons. The Hall–Kier alpha value is -2.80. The summed E-state index contributed by atoms with van der Waals surface area (Å²) in [5.74, 6) is 0.972. The lowest BCUT2D eigenvalue weighted by Gasteiger charge is -2.35. The average molecular weight is 557 g/mol. The van der Waals surface area contributed by atoms with Crippen molar-refractivity contribution in [3.63, 3.8) is 0 Å². The van der Waals surface area contributed by atoms with E-state index in [1.54, 1.807) is 0 Å². The van der Waals surface area contributed by atoms with Gasteiger partial charge in [0.25, 0.3) is 0 Å². The van der Waals surface area contributed by atoms with Crippen LogP contribution < -0.4 is 20.3 Å². The standard InChI is InChI=1S/C33H37ClO2Si2/c1-33(2,3)36-30-27(22-15-11-9-12-16-22)31(37(4,5)6)28-25-21-23(34)19-20-26(25)35-29(28)32(30)38(7,8)24-17-13-10-14-18-24/h9-21H,1-8H3. The number of halogens is 1.